The summed E-state index contributed by atoms with van der Waals surface area (Å²) in [6.45, 7) is 1.17. The van der Waals surface area contributed by atoms with Crippen LogP contribution in [0.1, 0.15) is 23.3 Å². The fraction of sp³-hybridized carbons (Fsp3) is 0.250. The van der Waals surface area contributed by atoms with Crippen molar-refractivity contribution < 1.29 is 9.53 Å². The summed E-state index contributed by atoms with van der Waals surface area (Å²) in [6, 6.07) is 12.5. The van der Waals surface area contributed by atoms with E-state index in [4.69, 9.17) is 16.3 Å². The Bertz CT molecular complexity index is 1020. The van der Waals surface area contributed by atoms with Crippen LogP contribution in [0, 0.1) is 0 Å². The first-order valence-electron chi connectivity index (χ1n) is 8.80. The lowest BCUT2D eigenvalue weighted by Crippen LogP contribution is -2.42. The first kappa shape index (κ1) is 17.5. The van der Waals surface area contributed by atoms with Gasteiger partial charge in [-0.2, -0.15) is 0 Å². The van der Waals surface area contributed by atoms with E-state index in [0.717, 1.165) is 18.6 Å². The third-order valence-electron chi connectivity index (χ3n) is 4.68. The molecule has 0 spiro atoms. The van der Waals surface area contributed by atoms with E-state index in [1.54, 1.807) is 41.4 Å². The number of piperidine rings is 1. The Labute approximate surface area is 160 Å². The largest absolute Gasteiger partial charge is 0.490 e. The van der Waals surface area contributed by atoms with Crippen molar-refractivity contribution in [1.29, 1.82) is 0 Å². The molecule has 138 valence electrons. The van der Waals surface area contributed by atoms with Crippen LogP contribution in [0.15, 0.2) is 53.5 Å². The molecule has 1 N–H and O–H groups in total. The van der Waals surface area contributed by atoms with Crippen molar-refractivity contribution >= 4 is 28.4 Å². The molecule has 7 heteroatoms. The van der Waals surface area contributed by atoms with Gasteiger partial charge in [0.2, 0.25) is 0 Å². The van der Waals surface area contributed by atoms with Crippen molar-refractivity contribution in [3.05, 3.63) is 69.7 Å². The van der Waals surface area contributed by atoms with Gasteiger partial charge in [-0.3, -0.25) is 9.59 Å². The van der Waals surface area contributed by atoms with Crippen LogP contribution < -0.4 is 10.3 Å². The van der Waals surface area contributed by atoms with Crippen molar-refractivity contribution in [2.45, 2.75) is 18.9 Å². The van der Waals surface area contributed by atoms with Gasteiger partial charge in [0.25, 0.3) is 11.5 Å². The molecule has 3 aromatic rings. The Morgan fingerprint density at radius 3 is 2.59 bits per heavy atom. The maximum atomic E-state index is 12.8. The van der Waals surface area contributed by atoms with E-state index in [2.05, 4.69) is 9.97 Å². The number of rotatable bonds is 3. The molecule has 6 nitrogen and oxygen atoms in total. The number of nitrogens with zero attached hydrogens (tertiary/aromatic N) is 2. The van der Waals surface area contributed by atoms with Gasteiger partial charge in [0.1, 0.15) is 23.1 Å². The molecule has 0 bridgehead atoms. The quantitative estimate of drug-likeness (QED) is 0.753. The van der Waals surface area contributed by atoms with E-state index in [1.165, 1.54) is 0 Å². The topological polar surface area (TPSA) is 75.3 Å². The van der Waals surface area contributed by atoms with Gasteiger partial charge in [0, 0.05) is 42.5 Å². The van der Waals surface area contributed by atoms with E-state index in [9.17, 15) is 9.59 Å². The van der Waals surface area contributed by atoms with Crippen LogP contribution in [0.2, 0.25) is 5.02 Å². The van der Waals surface area contributed by atoms with Crippen LogP contribution in [-0.2, 0) is 0 Å². The molecule has 1 aromatic carbocycles. The summed E-state index contributed by atoms with van der Waals surface area (Å²) >= 11 is 5.89. The van der Waals surface area contributed by atoms with Crippen LogP contribution in [0.5, 0.6) is 5.75 Å². The second-order valence-electron chi connectivity index (χ2n) is 6.50. The lowest BCUT2D eigenvalue weighted by Gasteiger charge is -2.32. The Morgan fingerprint density at radius 1 is 1.11 bits per heavy atom. The summed E-state index contributed by atoms with van der Waals surface area (Å²) in [5.74, 6) is 0.615. The molecule has 1 aliphatic heterocycles. The highest BCUT2D eigenvalue weighted by Gasteiger charge is 2.25. The predicted molar refractivity (Wildman–Crippen MR) is 103 cm³/mol. The number of fused-ring (bicyclic) bond motifs is 1. The number of aromatic nitrogens is 2. The first-order valence-corrected chi connectivity index (χ1v) is 9.18. The number of likely N-dealkylation sites (tertiary alicyclic amines) is 1. The average molecular weight is 384 g/mol. The third-order valence-corrected chi connectivity index (χ3v) is 4.94. The fourth-order valence-corrected chi connectivity index (χ4v) is 3.35. The highest BCUT2D eigenvalue weighted by atomic mass is 35.5. The van der Waals surface area contributed by atoms with Crippen LogP contribution in [0.4, 0.5) is 0 Å². The maximum Gasteiger partial charge on any atom is 0.274 e. The SMILES string of the molecule is O=C(c1ccc2cc[nH]c(=O)c2n1)N1CCC(Oc2ccc(Cl)cc2)CC1. The van der Waals surface area contributed by atoms with E-state index < -0.39 is 0 Å². The number of aromatic amines is 1. The fourth-order valence-electron chi connectivity index (χ4n) is 3.23. The number of carbonyl (C=O) groups is 1. The average Bonchev–Trinajstić information content (AvgIpc) is 2.70. The number of hydrogen-bond donors (Lipinski definition) is 1. The molecule has 1 fully saturated rings. The molecule has 0 aliphatic carbocycles. The summed E-state index contributed by atoms with van der Waals surface area (Å²) in [5.41, 5.74) is 0.276. The molecule has 0 unspecified atom stereocenters. The Kier molecular flexibility index (Phi) is 4.81. The zero-order chi connectivity index (χ0) is 18.8. The van der Waals surface area contributed by atoms with E-state index >= 15 is 0 Å². The summed E-state index contributed by atoms with van der Waals surface area (Å²) in [4.78, 5) is 33.3. The van der Waals surface area contributed by atoms with Gasteiger partial charge < -0.3 is 14.6 Å². The number of amides is 1. The van der Waals surface area contributed by atoms with E-state index in [0.29, 0.717) is 23.5 Å². The molecular weight excluding hydrogens is 366 g/mol. The molecule has 2 aromatic heterocycles. The van der Waals surface area contributed by atoms with E-state index in [-0.39, 0.29) is 28.8 Å². The van der Waals surface area contributed by atoms with Gasteiger partial charge in [0.05, 0.1) is 0 Å². The number of nitrogens with one attached hydrogen (secondary N) is 1. The van der Waals surface area contributed by atoms with Gasteiger partial charge in [-0.25, -0.2) is 4.98 Å². The van der Waals surface area contributed by atoms with Crippen molar-refractivity contribution in [3.8, 4) is 5.75 Å². The predicted octanol–water partition coefficient (Wildman–Crippen LogP) is 3.26. The van der Waals surface area contributed by atoms with Crippen LogP contribution in [-0.4, -0.2) is 40.0 Å². The monoisotopic (exact) mass is 383 g/mol. The molecule has 27 heavy (non-hydrogen) atoms. The Morgan fingerprint density at radius 2 is 1.85 bits per heavy atom. The standard InChI is InChI=1S/C20H18ClN3O3/c21-14-2-4-15(5-3-14)27-16-8-11-24(12-9-16)20(26)17-6-1-13-7-10-22-19(25)18(13)23-17/h1-7,10,16H,8-9,11-12H2,(H,22,25). The molecule has 1 aliphatic rings. The molecule has 0 saturated carbocycles. The molecule has 0 atom stereocenters. The first-order chi connectivity index (χ1) is 13.1. The molecule has 1 amide bonds. The number of hydrogen-bond acceptors (Lipinski definition) is 4. The van der Waals surface area contributed by atoms with Crippen LogP contribution in [0.25, 0.3) is 10.9 Å². The van der Waals surface area contributed by atoms with Crippen molar-refractivity contribution in [2.75, 3.05) is 13.1 Å². The lowest BCUT2D eigenvalue weighted by molar-refractivity contribution is 0.0590. The normalized spacial score (nSPS) is 15.1. The molecular formula is C20H18ClN3O3. The minimum atomic E-state index is -0.294. The van der Waals surface area contributed by atoms with Crippen LogP contribution >= 0.6 is 11.6 Å². The maximum absolute atomic E-state index is 12.8. The number of H-pyrrole nitrogens is 1. The summed E-state index contributed by atoms with van der Waals surface area (Å²) in [6.07, 6.45) is 3.10. The summed E-state index contributed by atoms with van der Waals surface area (Å²) in [7, 11) is 0. The molecule has 0 radical (unpaired) electrons. The van der Waals surface area contributed by atoms with Crippen molar-refractivity contribution in [1.82, 2.24) is 14.9 Å². The van der Waals surface area contributed by atoms with Gasteiger partial charge in [-0.15, -0.1) is 0 Å². The highest BCUT2D eigenvalue weighted by Crippen LogP contribution is 2.22. The zero-order valence-electron chi connectivity index (χ0n) is 14.5. The summed E-state index contributed by atoms with van der Waals surface area (Å²) < 4.78 is 5.96. The minimum absolute atomic E-state index is 0.0580. The zero-order valence-corrected chi connectivity index (χ0v) is 15.3. The number of halogens is 1. The molecule has 1 saturated heterocycles. The molecule has 3 heterocycles. The second kappa shape index (κ2) is 7.40. The van der Waals surface area contributed by atoms with Crippen molar-refractivity contribution in [3.63, 3.8) is 0 Å². The lowest BCUT2D eigenvalue weighted by atomic mass is 10.1. The van der Waals surface area contributed by atoms with Gasteiger partial charge >= 0.3 is 0 Å². The van der Waals surface area contributed by atoms with Crippen LogP contribution in [0.3, 0.4) is 0 Å². The Hall–Kier alpha value is -2.86. The Balaban J connectivity index is 1.42. The highest BCUT2D eigenvalue weighted by molar-refractivity contribution is 6.30. The minimum Gasteiger partial charge on any atom is -0.490 e. The number of ether oxygens (including phenoxy) is 1. The third kappa shape index (κ3) is 3.80. The number of carbonyl (C=O) groups excluding carboxylic acids is 1. The molecule has 4 rings (SSSR count). The summed E-state index contributed by atoms with van der Waals surface area (Å²) in [5, 5.41) is 1.38. The van der Waals surface area contributed by atoms with Gasteiger partial charge in [-0.05, 0) is 36.4 Å². The number of pyridine rings is 2. The van der Waals surface area contributed by atoms with Gasteiger partial charge in [-0.1, -0.05) is 17.7 Å². The number of benzene rings is 1. The van der Waals surface area contributed by atoms with E-state index in [1.807, 2.05) is 12.1 Å². The van der Waals surface area contributed by atoms with Gasteiger partial charge in [0.15, 0.2) is 0 Å². The van der Waals surface area contributed by atoms with Crippen molar-refractivity contribution in [2.24, 2.45) is 0 Å². The smallest absolute Gasteiger partial charge is 0.274 e. The second-order valence-corrected chi connectivity index (χ2v) is 6.94.